The second-order valence-corrected chi connectivity index (χ2v) is 6.02. The molecule has 0 aliphatic rings. The summed E-state index contributed by atoms with van der Waals surface area (Å²) in [6, 6.07) is 9.96. The van der Waals surface area contributed by atoms with Crippen LogP contribution in [-0.2, 0) is 9.53 Å². The quantitative estimate of drug-likeness (QED) is 0.774. The first-order valence-corrected chi connectivity index (χ1v) is 8.23. The van der Waals surface area contributed by atoms with Gasteiger partial charge in [0.25, 0.3) is 5.91 Å². The van der Waals surface area contributed by atoms with Crippen LogP contribution in [0.3, 0.4) is 0 Å². The van der Waals surface area contributed by atoms with Crippen molar-refractivity contribution in [2.24, 2.45) is 0 Å². The minimum Gasteiger partial charge on any atom is -0.496 e. The van der Waals surface area contributed by atoms with E-state index >= 15 is 0 Å². The Labute approximate surface area is 157 Å². The lowest BCUT2D eigenvalue weighted by Crippen LogP contribution is -2.30. The van der Waals surface area contributed by atoms with E-state index in [9.17, 15) is 9.59 Å². The van der Waals surface area contributed by atoms with E-state index in [1.54, 1.807) is 30.3 Å². The molecule has 0 radical (unpaired) electrons. The van der Waals surface area contributed by atoms with Crippen LogP contribution in [0.2, 0.25) is 5.02 Å². The molecule has 0 aromatic heterocycles. The summed E-state index contributed by atoms with van der Waals surface area (Å²) in [5.41, 5.74) is 1.52. The van der Waals surface area contributed by atoms with Crippen LogP contribution in [0.4, 0.5) is 5.69 Å². The summed E-state index contributed by atoms with van der Waals surface area (Å²) in [4.78, 5) is 24.8. The fourth-order valence-electron chi connectivity index (χ4n) is 2.27. The second kappa shape index (κ2) is 8.58. The van der Waals surface area contributed by atoms with E-state index in [0.29, 0.717) is 22.2 Å². The van der Waals surface area contributed by atoms with E-state index in [1.807, 2.05) is 13.0 Å². The van der Waals surface area contributed by atoms with Crippen molar-refractivity contribution in [3.8, 4) is 11.5 Å². The summed E-state index contributed by atoms with van der Waals surface area (Å²) in [6.45, 7) is 3.32. The van der Waals surface area contributed by atoms with Crippen molar-refractivity contribution in [2.75, 3.05) is 19.5 Å². The average molecular weight is 378 g/mol. The highest BCUT2D eigenvalue weighted by Gasteiger charge is 2.22. The average Bonchev–Trinajstić information content (AvgIpc) is 2.61. The molecule has 138 valence electrons. The molecule has 0 aliphatic heterocycles. The molecule has 0 saturated heterocycles. The summed E-state index contributed by atoms with van der Waals surface area (Å²) >= 11 is 5.94. The van der Waals surface area contributed by atoms with E-state index in [2.05, 4.69) is 5.32 Å². The third kappa shape index (κ3) is 4.67. The molecule has 6 nitrogen and oxygen atoms in total. The molecule has 0 bridgehead atoms. The Bertz CT molecular complexity index is 822. The van der Waals surface area contributed by atoms with Gasteiger partial charge in [0, 0.05) is 5.02 Å². The van der Waals surface area contributed by atoms with Gasteiger partial charge in [0.15, 0.2) is 6.10 Å². The maximum absolute atomic E-state index is 12.4. The molecule has 2 rings (SSSR count). The number of amides is 1. The lowest BCUT2D eigenvalue weighted by atomic mass is 10.1. The molecule has 0 fully saturated rings. The van der Waals surface area contributed by atoms with Gasteiger partial charge < -0.3 is 19.5 Å². The highest BCUT2D eigenvalue weighted by Crippen LogP contribution is 2.28. The smallest absolute Gasteiger partial charge is 0.342 e. The van der Waals surface area contributed by atoms with E-state index in [4.69, 9.17) is 25.8 Å². The molecule has 0 unspecified atom stereocenters. The predicted molar refractivity (Wildman–Crippen MR) is 99.2 cm³/mol. The molecule has 2 aromatic carbocycles. The van der Waals surface area contributed by atoms with Gasteiger partial charge in [0.05, 0.1) is 19.9 Å². The minimum atomic E-state index is -1.03. The first-order chi connectivity index (χ1) is 12.3. The summed E-state index contributed by atoms with van der Waals surface area (Å²) in [5.74, 6) is -0.330. The zero-order valence-electron chi connectivity index (χ0n) is 15.0. The van der Waals surface area contributed by atoms with Crippen molar-refractivity contribution < 1.29 is 23.8 Å². The minimum absolute atomic E-state index is 0.257. The van der Waals surface area contributed by atoms with Gasteiger partial charge in [-0.1, -0.05) is 23.2 Å². The topological polar surface area (TPSA) is 73.9 Å². The molecule has 0 spiro atoms. The Morgan fingerprint density at radius 3 is 2.35 bits per heavy atom. The van der Waals surface area contributed by atoms with Gasteiger partial charge in [0.1, 0.15) is 17.1 Å². The highest BCUT2D eigenvalue weighted by molar-refractivity contribution is 6.31. The third-order valence-corrected chi connectivity index (χ3v) is 3.88. The van der Waals surface area contributed by atoms with Gasteiger partial charge in [-0.15, -0.1) is 0 Å². The number of ether oxygens (including phenoxy) is 3. The highest BCUT2D eigenvalue weighted by atomic mass is 35.5. The van der Waals surface area contributed by atoms with E-state index < -0.39 is 18.0 Å². The SMILES string of the molecule is COc1ccc(Cl)cc1NC(=O)[C@H](C)OC(=O)c1cc(C)ccc1OC. The first-order valence-electron chi connectivity index (χ1n) is 7.85. The molecular formula is C19H20ClNO5. The molecule has 1 N–H and O–H groups in total. The Morgan fingerprint density at radius 1 is 1.04 bits per heavy atom. The summed E-state index contributed by atoms with van der Waals surface area (Å²) in [5, 5.41) is 3.08. The van der Waals surface area contributed by atoms with Gasteiger partial charge in [-0.2, -0.15) is 0 Å². The zero-order valence-corrected chi connectivity index (χ0v) is 15.7. The van der Waals surface area contributed by atoms with Crippen LogP contribution in [0.1, 0.15) is 22.8 Å². The molecule has 0 saturated carbocycles. The van der Waals surface area contributed by atoms with Crippen molar-refractivity contribution in [3.05, 3.63) is 52.5 Å². The molecular weight excluding hydrogens is 358 g/mol. The van der Waals surface area contributed by atoms with Gasteiger partial charge in [-0.05, 0) is 44.2 Å². The third-order valence-electron chi connectivity index (χ3n) is 3.65. The zero-order chi connectivity index (χ0) is 19.3. The number of aryl methyl sites for hydroxylation is 1. The number of esters is 1. The van der Waals surface area contributed by atoms with Crippen LogP contribution in [0, 0.1) is 6.92 Å². The van der Waals surface area contributed by atoms with Crippen molar-refractivity contribution >= 4 is 29.2 Å². The van der Waals surface area contributed by atoms with Crippen LogP contribution < -0.4 is 14.8 Å². The lowest BCUT2D eigenvalue weighted by molar-refractivity contribution is -0.123. The predicted octanol–water partition coefficient (Wildman–Crippen LogP) is 3.85. The van der Waals surface area contributed by atoms with E-state index in [0.717, 1.165) is 5.56 Å². The number of carbonyl (C=O) groups excluding carboxylic acids is 2. The molecule has 1 amide bonds. The van der Waals surface area contributed by atoms with Crippen LogP contribution in [-0.4, -0.2) is 32.2 Å². The summed E-state index contributed by atoms with van der Waals surface area (Å²) in [7, 11) is 2.94. The maximum atomic E-state index is 12.4. The first kappa shape index (κ1) is 19.6. The summed E-state index contributed by atoms with van der Waals surface area (Å²) in [6.07, 6.45) is -1.03. The monoisotopic (exact) mass is 377 g/mol. The fraction of sp³-hybridized carbons (Fsp3) is 0.263. The number of nitrogens with one attached hydrogen (secondary N) is 1. The number of hydrogen-bond donors (Lipinski definition) is 1. The molecule has 0 aliphatic carbocycles. The van der Waals surface area contributed by atoms with E-state index in [1.165, 1.54) is 21.1 Å². The fourth-order valence-corrected chi connectivity index (χ4v) is 2.44. The van der Waals surface area contributed by atoms with Crippen LogP contribution >= 0.6 is 11.6 Å². The van der Waals surface area contributed by atoms with Crippen molar-refractivity contribution in [2.45, 2.75) is 20.0 Å². The number of methoxy groups -OCH3 is 2. The number of carbonyl (C=O) groups is 2. The molecule has 2 aromatic rings. The Morgan fingerprint density at radius 2 is 1.69 bits per heavy atom. The maximum Gasteiger partial charge on any atom is 0.342 e. The number of benzene rings is 2. The van der Waals surface area contributed by atoms with Gasteiger partial charge in [0.2, 0.25) is 0 Å². The largest absolute Gasteiger partial charge is 0.496 e. The standard InChI is InChI=1S/C19H20ClNO5/c1-11-5-7-16(24-3)14(9-11)19(23)26-12(2)18(22)21-15-10-13(20)6-8-17(15)25-4/h5-10,12H,1-4H3,(H,21,22)/t12-/m0/s1. The second-order valence-electron chi connectivity index (χ2n) is 5.59. The Kier molecular flexibility index (Phi) is 6.46. The molecule has 26 heavy (non-hydrogen) atoms. The Balaban J connectivity index is 2.11. The molecule has 7 heteroatoms. The van der Waals surface area contributed by atoms with E-state index in [-0.39, 0.29) is 5.56 Å². The van der Waals surface area contributed by atoms with Crippen molar-refractivity contribution in [1.82, 2.24) is 0 Å². The molecule has 1 atom stereocenters. The number of rotatable bonds is 6. The van der Waals surface area contributed by atoms with Crippen LogP contribution in [0.5, 0.6) is 11.5 Å². The van der Waals surface area contributed by atoms with Gasteiger partial charge in [-0.3, -0.25) is 4.79 Å². The number of anilines is 1. The number of hydrogen-bond acceptors (Lipinski definition) is 5. The van der Waals surface area contributed by atoms with Crippen molar-refractivity contribution in [1.29, 1.82) is 0 Å². The van der Waals surface area contributed by atoms with Gasteiger partial charge >= 0.3 is 5.97 Å². The lowest BCUT2D eigenvalue weighted by Gasteiger charge is -2.16. The summed E-state index contributed by atoms with van der Waals surface area (Å²) < 4.78 is 15.6. The van der Waals surface area contributed by atoms with Crippen LogP contribution in [0.15, 0.2) is 36.4 Å². The van der Waals surface area contributed by atoms with Crippen LogP contribution in [0.25, 0.3) is 0 Å². The molecule has 0 heterocycles. The Hall–Kier alpha value is -2.73. The number of halogens is 1. The van der Waals surface area contributed by atoms with Crippen molar-refractivity contribution in [3.63, 3.8) is 0 Å². The van der Waals surface area contributed by atoms with Gasteiger partial charge in [-0.25, -0.2) is 4.79 Å². The normalized spacial score (nSPS) is 11.4.